The van der Waals surface area contributed by atoms with Crippen molar-refractivity contribution in [1.29, 1.82) is 0 Å². The fraction of sp³-hybridized carbons (Fsp3) is 0.533. The van der Waals surface area contributed by atoms with E-state index in [4.69, 9.17) is 0 Å². The van der Waals surface area contributed by atoms with Crippen LogP contribution in [-0.4, -0.2) is 34.6 Å². The lowest BCUT2D eigenvalue weighted by molar-refractivity contribution is -0.00203. The van der Waals surface area contributed by atoms with Crippen LogP contribution in [0.2, 0.25) is 0 Å². The standard InChI is InChI=1S/C15H21NO2/c1-11-8-12(2)10-13(9-11)14(17)16-6-4-15(3,18)5-7-16/h8-10,18H,4-7H2,1-3H3. The molecule has 98 valence electrons. The van der Waals surface area contributed by atoms with Crippen LogP contribution in [-0.2, 0) is 0 Å². The molecule has 2 rings (SSSR count). The zero-order valence-corrected chi connectivity index (χ0v) is 11.4. The molecule has 0 unspecified atom stereocenters. The van der Waals surface area contributed by atoms with Gasteiger partial charge in [0.05, 0.1) is 5.60 Å². The van der Waals surface area contributed by atoms with Gasteiger partial charge in [-0.1, -0.05) is 17.2 Å². The number of carbonyl (C=O) groups is 1. The molecule has 18 heavy (non-hydrogen) atoms. The Hall–Kier alpha value is -1.35. The molecule has 1 fully saturated rings. The number of piperidine rings is 1. The van der Waals surface area contributed by atoms with Crippen molar-refractivity contribution in [1.82, 2.24) is 4.90 Å². The normalized spacial score (nSPS) is 18.8. The van der Waals surface area contributed by atoms with Crippen LogP contribution in [0.1, 0.15) is 41.3 Å². The number of benzene rings is 1. The molecule has 0 saturated carbocycles. The molecule has 1 aromatic carbocycles. The van der Waals surface area contributed by atoms with Crippen LogP contribution < -0.4 is 0 Å². The third-order valence-corrected chi connectivity index (χ3v) is 3.60. The Morgan fingerprint density at radius 3 is 2.17 bits per heavy atom. The van der Waals surface area contributed by atoms with Gasteiger partial charge < -0.3 is 10.0 Å². The molecule has 0 spiro atoms. The second-order valence-electron chi connectivity index (χ2n) is 5.67. The first-order chi connectivity index (χ1) is 8.37. The molecule has 0 aromatic heterocycles. The second-order valence-corrected chi connectivity index (χ2v) is 5.67. The SMILES string of the molecule is Cc1cc(C)cc(C(=O)N2CCC(C)(O)CC2)c1. The zero-order valence-electron chi connectivity index (χ0n) is 11.4. The van der Waals surface area contributed by atoms with E-state index in [1.165, 1.54) is 0 Å². The summed E-state index contributed by atoms with van der Waals surface area (Å²) < 4.78 is 0. The summed E-state index contributed by atoms with van der Waals surface area (Å²) in [6, 6.07) is 5.93. The smallest absolute Gasteiger partial charge is 0.253 e. The van der Waals surface area contributed by atoms with E-state index >= 15 is 0 Å². The van der Waals surface area contributed by atoms with Gasteiger partial charge in [0.1, 0.15) is 0 Å². The summed E-state index contributed by atoms with van der Waals surface area (Å²) in [7, 11) is 0. The first kappa shape index (κ1) is 13.1. The van der Waals surface area contributed by atoms with E-state index in [2.05, 4.69) is 6.07 Å². The van der Waals surface area contributed by atoms with Gasteiger partial charge in [-0.25, -0.2) is 0 Å². The highest BCUT2D eigenvalue weighted by Crippen LogP contribution is 2.22. The minimum Gasteiger partial charge on any atom is -0.390 e. The summed E-state index contributed by atoms with van der Waals surface area (Å²) in [5.41, 5.74) is 2.37. The van der Waals surface area contributed by atoms with Crippen molar-refractivity contribution in [3.8, 4) is 0 Å². The Balaban J connectivity index is 2.12. The minimum absolute atomic E-state index is 0.0808. The monoisotopic (exact) mass is 247 g/mol. The highest BCUT2D eigenvalue weighted by Gasteiger charge is 2.29. The van der Waals surface area contributed by atoms with Crippen molar-refractivity contribution in [3.05, 3.63) is 34.9 Å². The molecule has 0 bridgehead atoms. The molecule has 1 aliphatic rings. The number of hydrogen-bond acceptors (Lipinski definition) is 2. The molecule has 3 nitrogen and oxygen atoms in total. The van der Waals surface area contributed by atoms with Gasteiger partial charge in [-0.2, -0.15) is 0 Å². The second kappa shape index (κ2) is 4.73. The van der Waals surface area contributed by atoms with Crippen molar-refractivity contribution < 1.29 is 9.90 Å². The van der Waals surface area contributed by atoms with E-state index in [1.54, 1.807) is 0 Å². The average Bonchev–Trinajstić information content (AvgIpc) is 2.27. The number of rotatable bonds is 1. The lowest BCUT2D eigenvalue weighted by Gasteiger charge is -2.35. The van der Waals surface area contributed by atoms with Crippen LogP contribution in [0.15, 0.2) is 18.2 Å². The van der Waals surface area contributed by atoms with Gasteiger partial charge in [0.25, 0.3) is 5.91 Å². The predicted molar refractivity (Wildman–Crippen MR) is 71.7 cm³/mol. The Kier molecular flexibility index (Phi) is 3.44. The number of aryl methyl sites for hydroxylation is 2. The fourth-order valence-electron chi connectivity index (χ4n) is 2.47. The number of aliphatic hydroxyl groups is 1. The maximum absolute atomic E-state index is 12.4. The molecule has 1 aromatic rings. The molecule has 1 amide bonds. The predicted octanol–water partition coefficient (Wildman–Crippen LogP) is 2.29. The number of carbonyl (C=O) groups excluding carboxylic acids is 1. The Morgan fingerprint density at radius 2 is 1.67 bits per heavy atom. The van der Waals surface area contributed by atoms with Crippen LogP contribution in [0.5, 0.6) is 0 Å². The van der Waals surface area contributed by atoms with Crippen LogP contribution in [0, 0.1) is 13.8 Å². The molecule has 1 N–H and O–H groups in total. The highest BCUT2D eigenvalue weighted by atomic mass is 16.3. The van der Waals surface area contributed by atoms with Crippen molar-refractivity contribution in [2.24, 2.45) is 0 Å². The summed E-state index contributed by atoms with van der Waals surface area (Å²) in [6.45, 7) is 7.12. The van der Waals surface area contributed by atoms with Gasteiger partial charge in [0, 0.05) is 18.7 Å². The summed E-state index contributed by atoms with van der Waals surface area (Å²) in [5.74, 6) is 0.0808. The third kappa shape index (κ3) is 2.91. The van der Waals surface area contributed by atoms with Gasteiger partial charge in [-0.15, -0.1) is 0 Å². The lowest BCUT2D eigenvalue weighted by atomic mass is 9.93. The largest absolute Gasteiger partial charge is 0.390 e. The van der Waals surface area contributed by atoms with Crippen molar-refractivity contribution >= 4 is 5.91 Å². The summed E-state index contributed by atoms with van der Waals surface area (Å²) in [6.07, 6.45) is 1.31. The maximum Gasteiger partial charge on any atom is 0.253 e. The average molecular weight is 247 g/mol. The molecule has 1 saturated heterocycles. The first-order valence-electron chi connectivity index (χ1n) is 6.47. The number of amides is 1. The quantitative estimate of drug-likeness (QED) is 0.827. The molecule has 0 aliphatic carbocycles. The zero-order chi connectivity index (χ0) is 13.3. The van der Waals surface area contributed by atoms with E-state index in [0.717, 1.165) is 16.7 Å². The van der Waals surface area contributed by atoms with Gasteiger partial charge in [-0.05, 0) is 45.7 Å². The summed E-state index contributed by atoms with van der Waals surface area (Å²) in [5, 5.41) is 9.89. The molecule has 3 heteroatoms. The van der Waals surface area contributed by atoms with E-state index in [0.29, 0.717) is 25.9 Å². The summed E-state index contributed by atoms with van der Waals surface area (Å²) in [4.78, 5) is 14.2. The van der Waals surface area contributed by atoms with E-state index in [1.807, 2.05) is 37.8 Å². The van der Waals surface area contributed by atoms with Crippen LogP contribution in [0.3, 0.4) is 0 Å². The first-order valence-corrected chi connectivity index (χ1v) is 6.47. The van der Waals surface area contributed by atoms with Crippen LogP contribution >= 0.6 is 0 Å². The Morgan fingerprint density at radius 1 is 1.17 bits per heavy atom. The fourth-order valence-corrected chi connectivity index (χ4v) is 2.47. The lowest BCUT2D eigenvalue weighted by Crippen LogP contribution is -2.45. The van der Waals surface area contributed by atoms with Gasteiger partial charge in [0.2, 0.25) is 0 Å². The highest BCUT2D eigenvalue weighted by molar-refractivity contribution is 5.94. The van der Waals surface area contributed by atoms with Crippen molar-refractivity contribution in [2.75, 3.05) is 13.1 Å². The molecule has 1 heterocycles. The minimum atomic E-state index is -0.612. The van der Waals surface area contributed by atoms with Crippen molar-refractivity contribution in [2.45, 2.75) is 39.2 Å². The summed E-state index contributed by atoms with van der Waals surface area (Å²) >= 11 is 0. The Labute approximate surface area is 108 Å². The number of likely N-dealkylation sites (tertiary alicyclic amines) is 1. The van der Waals surface area contributed by atoms with E-state index < -0.39 is 5.60 Å². The van der Waals surface area contributed by atoms with Crippen molar-refractivity contribution in [3.63, 3.8) is 0 Å². The van der Waals surface area contributed by atoms with E-state index in [9.17, 15) is 9.90 Å². The van der Waals surface area contributed by atoms with Gasteiger partial charge in [0.15, 0.2) is 0 Å². The maximum atomic E-state index is 12.4. The molecule has 0 radical (unpaired) electrons. The number of nitrogens with zero attached hydrogens (tertiary/aromatic N) is 1. The van der Waals surface area contributed by atoms with Crippen LogP contribution in [0.25, 0.3) is 0 Å². The van der Waals surface area contributed by atoms with E-state index in [-0.39, 0.29) is 5.91 Å². The molecule has 0 atom stereocenters. The van der Waals surface area contributed by atoms with Crippen LogP contribution in [0.4, 0.5) is 0 Å². The topological polar surface area (TPSA) is 40.5 Å². The molecular weight excluding hydrogens is 226 g/mol. The molecular formula is C15H21NO2. The van der Waals surface area contributed by atoms with Gasteiger partial charge >= 0.3 is 0 Å². The Bertz CT molecular complexity index is 435. The third-order valence-electron chi connectivity index (χ3n) is 3.60. The molecule has 1 aliphatic heterocycles. The number of hydrogen-bond donors (Lipinski definition) is 1. The van der Waals surface area contributed by atoms with Gasteiger partial charge in [-0.3, -0.25) is 4.79 Å².